The van der Waals surface area contributed by atoms with Crippen LogP contribution in [-0.4, -0.2) is 47.7 Å². The van der Waals surface area contributed by atoms with Crippen molar-refractivity contribution in [1.82, 2.24) is 9.88 Å². The number of hydrogen-bond donors (Lipinski definition) is 0. The maximum Gasteiger partial charge on any atom is 0.267 e. The Balaban J connectivity index is 1.26. The van der Waals surface area contributed by atoms with Crippen LogP contribution in [0.25, 0.3) is 0 Å². The first kappa shape index (κ1) is 16.8. The number of benzene rings is 1. The molecule has 6 heteroatoms. The molecule has 1 fully saturated rings. The molecule has 26 heavy (non-hydrogen) atoms. The first-order valence-electron chi connectivity index (χ1n) is 8.97. The van der Waals surface area contributed by atoms with E-state index in [0.717, 1.165) is 18.4 Å². The van der Waals surface area contributed by atoms with Gasteiger partial charge in [-0.1, -0.05) is 18.2 Å². The fourth-order valence-electron chi connectivity index (χ4n) is 3.29. The van der Waals surface area contributed by atoms with Gasteiger partial charge in [-0.15, -0.1) is 0 Å². The SMILES string of the molecule is O=C([C@@H]1COc2ccccc2O1)N1CCC(OCc2cccnc2)CC1. The fourth-order valence-corrected chi connectivity index (χ4v) is 3.29. The highest BCUT2D eigenvalue weighted by molar-refractivity contribution is 5.82. The topological polar surface area (TPSA) is 60.9 Å². The summed E-state index contributed by atoms with van der Waals surface area (Å²) < 4.78 is 17.4. The van der Waals surface area contributed by atoms with Gasteiger partial charge < -0.3 is 19.1 Å². The summed E-state index contributed by atoms with van der Waals surface area (Å²) in [5.41, 5.74) is 1.07. The zero-order valence-electron chi connectivity index (χ0n) is 14.5. The zero-order chi connectivity index (χ0) is 17.8. The minimum absolute atomic E-state index is 0.00906. The maximum atomic E-state index is 12.7. The smallest absolute Gasteiger partial charge is 0.267 e. The third-order valence-electron chi connectivity index (χ3n) is 4.75. The van der Waals surface area contributed by atoms with E-state index in [1.807, 2.05) is 47.5 Å². The number of piperidine rings is 1. The van der Waals surface area contributed by atoms with Crippen molar-refractivity contribution in [3.8, 4) is 11.5 Å². The van der Waals surface area contributed by atoms with Crippen molar-refractivity contribution in [3.63, 3.8) is 0 Å². The Morgan fingerprint density at radius 2 is 1.96 bits per heavy atom. The molecule has 0 N–H and O–H groups in total. The number of pyridine rings is 1. The molecule has 1 aromatic heterocycles. The van der Waals surface area contributed by atoms with Gasteiger partial charge in [0, 0.05) is 25.5 Å². The maximum absolute atomic E-state index is 12.7. The Labute approximate surface area is 152 Å². The van der Waals surface area contributed by atoms with E-state index < -0.39 is 6.10 Å². The first-order chi connectivity index (χ1) is 12.8. The van der Waals surface area contributed by atoms with Crippen molar-refractivity contribution in [2.75, 3.05) is 19.7 Å². The van der Waals surface area contributed by atoms with Crippen LogP contribution in [0.2, 0.25) is 0 Å². The van der Waals surface area contributed by atoms with Gasteiger partial charge in [0.25, 0.3) is 5.91 Å². The predicted octanol–water partition coefficient (Wildman–Crippen LogP) is 2.43. The monoisotopic (exact) mass is 354 g/mol. The number of carbonyl (C=O) groups is 1. The summed E-state index contributed by atoms with van der Waals surface area (Å²) in [5, 5.41) is 0. The number of hydrogen-bond acceptors (Lipinski definition) is 5. The van der Waals surface area contributed by atoms with Crippen LogP contribution in [0.4, 0.5) is 0 Å². The predicted molar refractivity (Wildman–Crippen MR) is 95.0 cm³/mol. The highest BCUT2D eigenvalue weighted by atomic mass is 16.6. The average molecular weight is 354 g/mol. The molecule has 0 bridgehead atoms. The molecule has 3 heterocycles. The van der Waals surface area contributed by atoms with Crippen LogP contribution in [0.1, 0.15) is 18.4 Å². The Morgan fingerprint density at radius 1 is 1.15 bits per heavy atom. The van der Waals surface area contributed by atoms with E-state index in [1.165, 1.54) is 0 Å². The van der Waals surface area contributed by atoms with Crippen LogP contribution in [0.5, 0.6) is 11.5 Å². The molecule has 1 aromatic carbocycles. The lowest BCUT2D eigenvalue weighted by Gasteiger charge is -2.35. The van der Waals surface area contributed by atoms with Crippen LogP contribution in [0.15, 0.2) is 48.8 Å². The minimum atomic E-state index is -0.572. The summed E-state index contributed by atoms with van der Waals surface area (Å²) in [6, 6.07) is 11.4. The molecule has 0 unspecified atom stereocenters. The normalized spacial score (nSPS) is 20.0. The lowest BCUT2D eigenvalue weighted by molar-refractivity contribution is -0.144. The van der Waals surface area contributed by atoms with Gasteiger partial charge in [-0.2, -0.15) is 0 Å². The number of likely N-dealkylation sites (tertiary alicyclic amines) is 1. The molecule has 0 spiro atoms. The first-order valence-corrected chi connectivity index (χ1v) is 8.97. The Kier molecular flexibility index (Phi) is 5.02. The van der Waals surface area contributed by atoms with E-state index in [0.29, 0.717) is 31.2 Å². The van der Waals surface area contributed by atoms with E-state index in [-0.39, 0.29) is 18.6 Å². The van der Waals surface area contributed by atoms with Gasteiger partial charge in [0.1, 0.15) is 6.61 Å². The lowest BCUT2D eigenvalue weighted by Crippen LogP contribution is -2.49. The number of rotatable bonds is 4. The van der Waals surface area contributed by atoms with Gasteiger partial charge in [0.15, 0.2) is 11.5 Å². The van der Waals surface area contributed by atoms with Gasteiger partial charge >= 0.3 is 0 Å². The minimum Gasteiger partial charge on any atom is -0.485 e. The van der Waals surface area contributed by atoms with Crippen LogP contribution in [-0.2, 0) is 16.1 Å². The van der Waals surface area contributed by atoms with Crippen molar-refractivity contribution in [2.24, 2.45) is 0 Å². The molecular formula is C20H22N2O4. The van der Waals surface area contributed by atoms with E-state index in [1.54, 1.807) is 6.20 Å². The molecule has 0 radical (unpaired) electrons. The molecule has 2 aliphatic heterocycles. The molecule has 1 saturated heterocycles. The Bertz CT molecular complexity index is 744. The Morgan fingerprint density at radius 3 is 2.73 bits per heavy atom. The van der Waals surface area contributed by atoms with E-state index >= 15 is 0 Å². The van der Waals surface area contributed by atoms with Crippen LogP contribution < -0.4 is 9.47 Å². The van der Waals surface area contributed by atoms with E-state index in [2.05, 4.69) is 4.98 Å². The van der Waals surface area contributed by atoms with Crippen LogP contribution in [0.3, 0.4) is 0 Å². The summed E-state index contributed by atoms with van der Waals surface area (Å²) in [5.74, 6) is 1.32. The molecule has 1 atom stereocenters. The standard InChI is InChI=1S/C20H22N2O4/c23-20(19-14-25-17-5-1-2-6-18(17)26-19)22-10-7-16(8-11-22)24-13-15-4-3-9-21-12-15/h1-6,9,12,16,19H,7-8,10-11,13-14H2/t19-/m0/s1. The quantitative estimate of drug-likeness (QED) is 0.844. The third-order valence-corrected chi connectivity index (χ3v) is 4.75. The molecule has 1 amide bonds. The zero-order valence-corrected chi connectivity index (χ0v) is 14.5. The van der Waals surface area contributed by atoms with E-state index in [9.17, 15) is 4.79 Å². The summed E-state index contributed by atoms with van der Waals surface area (Å²) in [4.78, 5) is 18.7. The van der Waals surface area contributed by atoms with Crippen molar-refractivity contribution in [3.05, 3.63) is 54.4 Å². The largest absolute Gasteiger partial charge is 0.485 e. The molecule has 136 valence electrons. The van der Waals surface area contributed by atoms with Gasteiger partial charge in [-0.3, -0.25) is 9.78 Å². The summed E-state index contributed by atoms with van der Waals surface area (Å²) in [6.45, 7) is 2.17. The Hall–Kier alpha value is -2.60. The number of para-hydroxylation sites is 2. The number of amides is 1. The molecule has 2 aliphatic rings. The molecule has 4 rings (SSSR count). The summed E-state index contributed by atoms with van der Waals surface area (Å²) in [7, 11) is 0. The van der Waals surface area contributed by atoms with Crippen LogP contribution >= 0.6 is 0 Å². The second-order valence-corrected chi connectivity index (χ2v) is 6.56. The number of fused-ring (bicyclic) bond motifs is 1. The average Bonchev–Trinajstić information content (AvgIpc) is 2.72. The van der Waals surface area contributed by atoms with Crippen LogP contribution in [0, 0.1) is 0 Å². The molecule has 6 nitrogen and oxygen atoms in total. The highest BCUT2D eigenvalue weighted by Crippen LogP contribution is 2.31. The van der Waals surface area contributed by atoms with Crippen molar-refractivity contribution in [2.45, 2.75) is 31.7 Å². The lowest BCUT2D eigenvalue weighted by atomic mass is 10.1. The molecular weight excluding hydrogens is 332 g/mol. The van der Waals surface area contributed by atoms with Gasteiger partial charge in [0.05, 0.1) is 12.7 Å². The van der Waals surface area contributed by atoms with Gasteiger partial charge in [-0.05, 0) is 36.6 Å². The molecule has 0 saturated carbocycles. The van der Waals surface area contributed by atoms with Crippen molar-refractivity contribution < 1.29 is 19.0 Å². The second kappa shape index (κ2) is 7.74. The third kappa shape index (κ3) is 3.80. The van der Waals surface area contributed by atoms with Crippen molar-refractivity contribution in [1.29, 1.82) is 0 Å². The summed E-state index contributed by atoms with van der Waals surface area (Å²) in [6.07, 6.45) is 4.83. The number of nitrogens with zero attached hydrogens (tertiary/aromatic N) is 2. The second-order valence-electron chi connectivity index (χ2n) is 6.56. The fraction of sp³-hybridized carbons (Fsp3) is 0.400. The molecule has 2 aromatic rings. The highest BCUT2D eigenvalue weighted by Gasteiger charge is 2.33. The number of ether oxygens (including phenoxy) is 3. The number of aromatic nitrogens is 1. The van der Waals surface area contributed by atoms with Gasteiger partial charge in [0.2, 0.25) is 6.10 Å². The van der Waals surface area contributed by atoms with Gasteiger partial charge in [-0.25, -0.2) is 0 Å². The number of carbonyl (C=O) groups excluding carboxylic acids is 1. The van der Waals surface area contributed by atoms with Crippen molar-refractivity contribution >= 4 is 5.91 Å². The van der Waals surface area contributed by atoms with E-state index in [4.69, 9.17) is 14.2 Å². The molecule has 0 aliphatic carbocycles. The summed E-state index contributed by atoms with van der Waals surface area (Å²) >= 11 is 0.